The van der Waals surface area contributed by atoms with Crippen molar-refractivity contribution in [2.24, 2.45) is 4.99 Å². The Kier molecular flexibility index (Phi) is 6.69. The molecule has 0 unspecified atom stereocenters. The molecule has 0 fully saturated rings. The molecule has 0 atom stereocenters. The van der Waals surface area contributed by atoms with Crippen LogP contribution in [0.3, 0.4) is 0 Å². The van der Waals surface area contributed by atoms with E-state index in [0.29, 0.717) is 12.5 Å². The summed E-state index contributed by atoms with van der Waals surface area (Å²) in [6, 6.07) is 7.76. The van der Waals surface area contributed by atoms with Crippen molar-refractivity contribution >= 4 is 11.9 Å². The molecule has 0 saturated carbocycles. The Morgan fingerprint density at radius 2 is 1.91 bits per heavy atom. The zero-order valence-corrected chi connectivity index (χ0v) is 14.0. The van der Waals surface area contributed by atoms with Crippen molar-refractivity contribution in [3.63, 3.8) is 0 Å². The lowest BCUT2D eigenvalue weighted by molar-refractivity contribution is -0.121. The average Bonchev–Trinajstić information content (AvgIpc) is 2.46. The molecule has 0 aliphatic heterocycles. The van der Waals surface area contributed by atoms with Gasteiger partial charge < -0.3 is 20.7 Å². The van der Waals surface area contributed by atoms with Crippen molar-refractivity contribution in [2.45, 2.75) is 32.9 Å². The van der Waals surface area contributed by atoms with E-state index in [2.05, 4.69) is 20.9 Å². The summed E-state index contributed by atoms with van der Waals surface area (Å²) < 4.78 is 5.30. The van der Waals surface area contributed by atoms with E-state index in [-0.39, 0.29) is 18.0 Å². The number of carbonyl (C=O) groups is 1. The summed E-state index contributed by atoms with van der Waals surface area (Å²) >= 11 is 0. The highest BCUT2D eigenvalue weighted by Crippen LogP contribution is 2.16. The van der Waals surface area contributed by atoms with Crippen LogP contribution in [0.25, 0.3) is 0 Å². The maximum Gasteiger partial charge on any atom is 0.239 e. The zero-order valence-electron chi connectivity index (χ0n) is 14.0. The second kappa shape index (κ2) is 8.26. The van der Waals surface area contributed by atoms with E-state index in [1.54, 1.807) is 14.2 Å². The fourth-order valence-electron chi connectivity index (χ4n) is 1.88. The first-order chi connectivity index (χ1) is 10.4. The average molecular weight is 306 g/mol. The number of hydrogen-bond donors (Lipinski definition) is 3. The number of para-hydroxylation sites is 1. The Morgan fingerprint density at radius 3 is 2.50 bits per heavy atom. The Bertz CT molecular complexity index is 521. The Labute approximate surface area is 132 Å². The van der Waals surface area contributed by atoms with Crippen molar-refractivity contribution in [3.8, 4) is 5.75 Å². The van der Waals surface area contributed by atoms with Crippen molar-refractivity contribution < 1.29 is 9.53 Å². The van der Waals surface area contributed by atoms with E-state index in [4.69, 9.17) is 4.74 Å². The van der Waals surface area contributed by atoms with Gasteiger partial charge in [-0.2, -0.15) is 0 Å². The molecule has 122 valence electrons. The van der Waals surface area contributed by atoms with E-state index in [1.165, 1.54) is 0 Å². The Hall–Kier alpha value is -2.24. The molecule has 0 aliphatic rings. The summed E-state index contributed by atoms with van der Waals surface area (Å²) in [4.78, 5) is 15.9. The lowest BCUT2D eigenvalue weighted by atomic mass is 10.1. The minimum absolute atomic E-state index is 0.0762. The fraction of sp³-hybridized carbons (Fsp3) is 0.500. The molecule has 0 bridgehead atoms. The number of guanidine groups is 1. The van der Waals surface area contributed by atoms with Gasteiger partial charge in [-0.15, -0.1) is 0 Å². The van der Waals surface area contributed by atoms with Crippen LogP contribution in [0, 0.1) is 0 Å². The van der Waals surface area contributed by atoms with Crippen LogP contribution in [0.15, 0.2) is 29.3 Å². The van der Waals surface area contributed by atoms with Gasteiger partial charge in [0.05, 0.1) is 13.7 Å². The summed E-state index contributed by atoms with van der Waals surface area (Å²) in [6.45, 7) is 6.56. The number of nitrogens with one attached hydrogen (secondary N) is 3. The van der Waals surface area contributed by atoms with Crippen LogP contribution in [0.2, 0.25) is 0 Å². The fourth-order valence-corrected chi connectivity index (χ4v) is 1.88. The normalized spacial score (nSPS) is 11.8. The monoisotopic (exact) mass is 306 g/mol. The molecule has 6 nitrogen and oxygen atoms in total. The molecular formula is C16H26N4O2. The first-order valence-corrected chi connectivity index (χ1v) is 7.23. The van der Waals surface area contributed by atoms with E-state index in [1.807, 2.05) is 45.0 Å². The summed E-state index contributed by atoms with van der Waals surface area (Å²) in [6.07, 6.45) is 0. The second-order valence-corrected chi connectivity index (χ2v) is 5.89. The number of amides is 1. The van der Waals surface area contributed by atoms with Crippen LogP contribution < -0.4 is 20.7 Å². The number of rotatable bonds is 5. The van der Waals surface area contributed by atoms with Gasteiger partial charge in [0.1, 0.15) is 5.75 Å². The van der Waals surface area contributed by atoms with Crippen LogP contribution in [0.5, 0.6) is 5.75 Å². The molecule has 1 aromatic carbocycles. The van der Waals surface area contributed by atoms with Gasteiger partial charge in [-0.05, 0) is 26.8 Å². The van der Waals surface area contributed by atoms with Crippen molar-refractivity contribution in [3.05, 3.63) is 29.8 Å². The van der Waals surface area contributed by atoms with Gasteiger partial charge in [0.2, 0.25) is 5.91 Å². The Balaban J connectivity index is 2.48. The summed E-state index contributed by atoms with van der Waals surface area (Å²) in [5.74, 6) is 1.30. The number of carbonyl (C=O) groups excluding carboxylic acids is 1. The molecule has 3 N–H and O–H groups in total. The number of aliphatic imine (C=N–C) groups is 1. The van der Waals surface area contributed by atoms with Crippen LogP contribution in [-0.2, 0) is 11.3 Å². The van der Waals surface area contributed by atoms with E-state index < -0.39 is 0 Å². The number of ether oxygens (including phenoxy) is 1. The standard InChI is InChI=1S/C16H26N4O2/c1-16(2,3)20-14(21)11-19-15(17-4)18-10-12-8-6-7-9-13(12)22-5/h6-9H,10-11H2,1-5H3,(H,20,21)(H2,17,18,19). The molecule has 0 aromatic heterocycles. The van der Waals surface area contributed by atoms with Crippen LogP contribution in [0.1, 0.15) is 26.3 Å². The van der Waals surface area contributed by atoms with Crippen LogP contribution in [0.4, 0.5) is 0 Å². The lowest BCUT2D eigenvalue weighted by Crippen LogP contribution is -2.48. The number of nitrogens with zero attached hydrogens (tertiary/aromatic N) is 1. The molecule has 0 aliphatic carbocycles. The number of hydrogen-bond acceptors (Lipinski definition) is 3. The predicted octanol–water partition coefficient (Wildman–Crippen LogP) is 1.27. The van der Waals surface area contributed by atoms with Gasteiger partial charge in [-0.25, -0.2) is 0 Å². The minimum atomic E-state index is -0.243. The quantitative estimate of drug-likeness (QED) is 0.566. The van der Waals surface area contributed by atoms with Crippen molar-refractivity contribution in [1.82, 2.24) is 16.0 Å². The van der Waals surface area contributed by atoms with Crippen molar-refractivity contribution in [2.75, 3.05) is 20.7 Å². The molecule has 22 heavy (non-hydrogen) atoms. The lowest BCUT2D eigenvalue weighted by Gasteiger charge is -2.21. The molecule has 0 heterocycles. The maximum absolute atomic E-state index is 11.8. The highest BCUT2D eigenvalue weighted by molar-refractivity contribution is 5.86. The molecule has 0 radical (unpaired) electrons. The van der Waals surface area contributed by atoms with Gasteiger partial charge in [-0.1, -0.05) is 18.2 Å². The Morgan fingerprint density at radius 1 is 1.23 bits per heavy atom. The van der Waals surface area contributed by atoms with Crippen LogP contribution in [-0.4, -0.2) is 38.1 Å². The van der Waals surface area contributed by atoms with Gasteiger partial charge in [0, 0.05) is 24.7 Å². The molecule has 0 spiro atoms. The molecule has 1 amide bonds. The summed E-state index contributed by atoms with van der Waals surface area (Å²) in [5, 5.41) is 9.03. The predicted molar refractivity (Wildman–Crippen MR) is 89.1 cm³/mol. The molecule has 6 heteroatoms. The summed E-state index contributed by atoms with van der Waals surface area (Å²) in [7, 11) is 3.31. The smallest absolute Gasteiger partial charge is 0.239 e. The van der Waals surface area contributed by atoms with Gasteiger partial charge in [0.25, 0.3) is 0 Å². The molecule has 1 rings (SSSR count). The number of methoxy groups -OCH3 is 1. The SMILES string of the molecule is CN=C(NCC(=O)NC(C)(C)C)NCc1ccccc1OC. The van der Waals surface area contributed by atoms with Gasteiger partial charge in [-0.3, -0.25) is 9.79 Å². The second-order valence-electron chi connectivity index (χ2n) is 5.89. The first kappa shape index (κ1) is 17.8. The highest BCUT2D eigenvalue weighted by Gasteiger charge is 2.13. The topological polar surface area (TPSA) is 74.8 Å². The number of benzene rings is 1. The van der Waals surface area contributed by atoms with E-state index in [9.17, 15) is 4.79 Å². The first-order valence-electron chi connectivity index (χ1n) is 7.23. The van der Waals surface area contributed by atoms with Gasteiger partial charge in [0.15, 0.2) is 5.96 Å². The summed E-state index contributed by atoms with van der Waals surface area (Å²) in [5.41, 5.74) is 0.778. The zero-order chi connectivity index (χ0) is 16.6. The van der Waals surface area contributed by atoms with Crippen LogP contribution >= 0.6 is 0 Å². The third-order valence-corrected chi connectivity index (χ3v) is 2.79. The molecular weight excluding hydrogens is 280 g/mol. The van der Waals surface area contributed by atoms with E-state index >= 15 is 0 Å². The largest absolute Gasteiger partial charge is 0.496 e. The molecule has 0 saturated heterocycles. The third kappa shape index (κ3) is 6.47. The van der Waals surface area contributed by atoms with Gasteiger partial charge >= 0.3 is 0 Å². The third-order valence-electron chi connectivity index (χ3n) is 2.79. The van der Waals surface area contributed by atoms with Crippen molar-refractivity contribution in [1.29, 1.82) is 0 Å². The minimum Gasteiger partial charge on any atom is -0.496 e. The highest BCUT2D eigenvalue weighted by atomic mass is 16.5. The molecule has 1 aromatic rings. The maximum atomic E-state index is 11.8. The van der Waals surface area contributed by atoms with E-state index in [0.717, 1.165) is 11.3 Å².